The average molecular weight is 216 g/mol. The van der Waals surface area contributed by atoms with Crippen LogP contribution in [0.25, 0.3) is 0 Å². The fraction of sp³-hybridized carbons (Fsp3) is 0.462. The monoisotopic (exact) mass is 216 g/mol. The highest BCUT2D eigenvalue weighted by Crippen LogP contribution is 2.36. The Bertz CT molecular complexity index is 430. The van der Waals surface area contributed by atoms with Crippen molar-refractivity contribution in [3.8, 4) is 0 Å². The Morgan fingerprint density at radius 1 is 1.25 bits per heavy atom. The second kappa shape index (κ2) is 3.59. The molecule has 0 spiro atoms. The van der Waals surface area contributed by atoms with E-state index in [-0.39, 0.29) is 18.0 Å². The van der Waals surface area contributed by atoms with Crippen molar-refractivity contribution >= 4 is 5.91 Å². The Balaban J connectivity index is 2.06. The predicted octanol–water partition coefficient (Wildman–Crippen LogP) is 1.23. The Hall–Kier alpha value is -1.35. The van der Waals surface area contributed by atoms with E-state index in [0.717, 1.165) is 19.4 Å². The quantitative estimate of drug-likeness (QED) is 0.709. The molecule has 84 valence electrons. The first-order chi connectivity index (χ1) is 7.77. The fourth-order valence-corrected chi connectivity index (χ4v) is 2.93. The number of benzene rings is 1. The SMILES string of the molecule is NC1CCC(=O)N2CCc3ccccc3C12. The molecule has 3 nitrogen and oxygen atoms in total. The largest absolute Gasteiger partial charge is 0.334 e. The van der Waals surface area contributed by atoms with Gasteiger partial charge in [-0.05, 0) is 24.0 Å². The van der Waals surface area contributed by atoms with Crippen LogP contribution in [0.4, 0.5) is 0 Å². The number of nitrogens with two attached hydrogens (primary N) is 1. The molecule has 16 heavy (non-hydrogen) atoms. The number of hydrogen-bond acceptors (Lipinski definition) is 2. The maximum absolute atomic E-state index is 11.9. The summed E-state index contributed by atoms with van der Waals surface area (Å²) in [6, 6.07) is 8.58. The number of nitrogens with zero attached hydrogens (tertiary/aromatic N) is 1. The average Bonchev–Trinajstić information content (AvgIpc) is 2.33. The van der Waals surface area contributed by atoms with Gasteiger partial charge in [0.1, 0.15) is 0 Å². The molecule has 1 amide bonds. The molecular formula is C13H16N2O. The molecule has 0 aromatic heterocycles. The van der Waals surface area contributed by atoms with Crippen molar-refractivity contribution < 1.29 is 4.79 Å². The minimum absolute atomic E-state index is 0.0964. The highest BCUT2D eigenvalue weighted by atomic mass is 16.2. The van der Waals surface area contributed by atoms with E-state index in [2.05, 4.69) is 18.2 Å². The normalized spacial score (nSPS) is 28.6. The van der Waals surface area contributed by atoms with Crippen LogP contribution in [0.3, 0.4) is 0 Å². The highest BCUT2D eigenvalue weighted by Gasteiger charge is 2.37. The summed E-state index contributed by atoms with van der Waals surface area (Å²) in [4.78, 5) is 13.8. The van der Waals surface area contributed by atoms with Gasteiger partial charge in [-0.3, -0.25) is 4.79 Å². The summed E-state index contributed by atoms with van der Waals surface area (Å²) in [6.45, 7) is 0.828. The zero-order chi connectivity index (χ0) is 11.1. The summed E-state index contributed by atoms with van der Waals surface area (Å²) in [5, 5.41) is 0. The second-order valence-corrected chi connectivity index (χ2v) is 4.68. The summed E-state index contributed by atoms with van der Waals surface area (Å²) in [6.07, 6.45) is 2.39. The first-order valence-electron chi connectivity index (χ1n) is 5.90. The maximum atomic E-state index is 11.9. The zero-order valence-electron chi connectivity index (χ0n) is 9.23. The van der Waals surface area contributed by atoms with Crippen LogP contribution in [-0.2, 0) is 11.2 Å². The minimum Gasteiger partial charge on any atom is -0.334 e. The van der Waals surface area contributed by atoms with Crippen LogP contribution in [0, 0.1) is 0 Å². The molecule has 0 saturated carbocycles. The molecule has 0 bridgehead atoms. The minimum atomic E-state index is 0.0964. The number of carbonyl (C=O) groups is 1. The Morgan fingerprint density at radius 3 is 2.94 bits per heavy atom. The predicted molar refractivity (Wildman–Crippen MR) is 61.8 cm³/mol. The molecule has 1 aromatic rings. The van der Waals surface area contributed by atoms with E-state index >= 15 is 0 Å². The van der Waals surface area contributed by atoms with Crippen LogP contribution in [-0.4, -0.2) is 23.4 Å². The molecule has 2 unspecified atom stereocenters. The van der Waals surface area contributed by atoms with E-state index in [4.69, 9.17) is 5.73 Å². The number of rotatable bonds is 0. The third-order valence-electron chi connectivity index (χ3n) is 3.75. The van der Waals surface area contributed by atoms with Crippen LogP contribution in [0.5, 0.6) is 0 Å². The van der Waals surface area contributed by atoms with Gasteiger partial charge in [-0.1, -0.05) is 24.3 Å². The van der Waals surface area contributed by atoms with E-state index in [1.165, 1.54) is 11.1 Å². The Morgan fingerprint density at radius 2 is 2.06 bits per heavy atom. The van der Waals surface area contributed by atoms with Gasteiger partial charge < -0.3 is 10.6 Å². The van der Waals surface area contributed by atoms with Gasteiger partial charge in [0.05, 0.1) is 6.04 Å². The molecule has 1 fully saturated rings. The van der Waals surface area contributed by atoms with Gasteiger partial charge in [-0.25, -0.2) is 0 Å². The zero-order valence-corrected chi connectivity index (χ0v) is 9.23. The van der Waals surface area contributed by atoms with Crippen molar-refractivity contribution in [2.75, 3.05) is 6.54 Å². The van der Waals surface area contributed by atoms with Crippen molar-refractivity contribution in [2.24, 2.45) is 5.73 Å². The van der Waals surface area contributed by atoms with Gasteiger partial charge >= 0.3 is 0 Å². The molecule has 3 heteroatoms. The van der Waals surface area contributed by atoms with Gasteiger partial charge in [0, 0.05) is 19.0 Å². The smallest absolute Gasteiger partial charge is 0.223 e. The number of fused-ring (bicyclic) bond motifs is 3. The van der Waals surface area contributed by atoms with Crippen LogP contribution in [0.1, 0.15) is 30.0 Å². The molecule has 1 aromatic carbocycles. The van der Waals surface area contributed by atoms with Crippen molar-refractivity contribution in [2.45, 2.75) is 31.3 Å². The maximum Gasteiger partial charge on any atom is 0.223 e. The van der Waals surface area contributed by atoms with Gasteiger partial charge in [-0.2, -0.15) is 0 Å². The molecule has 2 N–H and O–H groups in total. The molecule has 2 heterocycles. The van der Waals surface area contributed by atoms with Gasteiger partial charge in [0.2, 0.25) is 5.91 Å². The van der Waals surface area contributed by atoms with Crippen molar-refractivity contribution in [1.29, 1.82) is 0 Å². The molecule has 1 saturated heterocycles. The summed E-state index contributed by atoms with van der Waals surface area (Å²) in [7, 11) is 0. The van der Waals surface area contributed by atoms with Crippen LogP contribution < -0.4 is 5.73 Å². The number of carbonyl (C=O) groups excluding carboxylic acids is 1. The summed E-state index contributed by atoms with van der Waals surface area (Å²) >= 11 is 0. The summed E-state index contributed by atoms with van der Waals surface area (Å²) in [5.41, 5.74) is 8.79. The lowest BCUT2D eigenvalue weighted by atomic mass is 9.84. The number of piperidine rings is 1. The first-order valence-corrected chi connectivity index (χ1v) is 5.90. The highest BCUT2D eigenvalue weighted by molar-refractivity contribution is 5.78. The molecule has 2 aliphatic rings. The van der Waals surface area contributed by atoms with E-state index in [0.29, 0.717) is 6.42 Å². The second-order valence-electron chi connectivity index (χ2n) is 4.68. The van der Waals surface area contributed by atoms with E-state index < -0.39 is 0 Å². The van der Waals surface area contributed by atoms with Crippen molar-refractivity contribution in [3.05, 3.63) is 35.4 Å². The van der Waals surface area contributed by atoms with Crippen LogP contribution in [0.2, 0.25) is 0 Å². The standard InChI is InChI=1S/C13H16N2O/c14-11-5-6-12(16)15-8-7-9-3-1-2-4-10(9)13(11)15/h1-4,11,13H,5-8,14H2. The topological polar surface area (TPSA) is 46.3 Å². The Kier molecular flexibility index (Phi) is 2.21. The molecule has 0 aliphatic carbocycles. The molecular weight excluding hydrogens is 200 g/mol. The van der Waals surface area contributed by atoms with Gasteiger partial charge in [0.15, 0.2) is 0 Å². The Labute approximate surface area is 95.2 Å². The molecule has 2 aliphatic heterocycles. The lowest BCUT2D eigenvalue weighted by Crippen LogP contribution is -2.51. The lowest BCUT2D eigenvalue weighted by molar-refractivity contribution is -0.137. The van der Waals surface area contributed by atoms with Gasteiger partial charge in [-0.15, -0.1) is 0 Å². The fourth-order valence-electron chi connectivity index (χ4n) is 2.93. The molecule has 0 radical (unpaired) electrons. The third kappa shape index (κ3) is 1.35. The summed E-state index contributed by atoms with van der Waals surface area (Å²) < 4.78 is 0. The van der Waals surface area contributed by atoms with Crippen LogP contribution in [0.15, 0.2) is 24.3 Å². The lowest BCUT2D eigenvalue weighted by Gasteiger charge is -2.43. The van der Waals surface area contributed by atoms with Crippen LogP contribution >= 0.6 is 0 Å². The molecule has 3 rings (SSSR count). The molecule has 2 atom stereocenters. The van der Waals surface area contributed by atoms with Crippen molar-refractivity contribution in [1.82, 2.24) is 4.90 Å². The van der Waals surface area contributed by atoms with Gasteiger partial charge in [0.25, 0.3) is 0 Å². The third-order valence-corrected chi connectivity index (χ3v) is 3.75. The number of amides is 1. The van der Waals surface area contributed by atoms with E-state index in [9.17, 15) is 4.79 Å². The van der Waals surface area contributed by atoms with E-state index in [1.807, 2.05) is 11.0 Å². The van der Waals surface area contributed by atoms with E-state index in [1.54, 1.807) is 0 Å². The van der Waals surface area contributed by atoms with Crippen molar-refractivity contribution in [3.63, 3.8) is 0 Å². The first kappa shape index (κ1) is 9.85. The summed E-state index contributed by atoms with van der Waals surface area (Å²) in [5.74, 6) is 0.265. The number of hydrogen-bond donors (Lipinski definition) is 1.